The monoisotopic (exact) mass is 472 g/mol. The van der Waals surface area contributed by atoms with Crippen LogP contribution < -0.4 is 11.1 Å². The largest absolute Gasteiger partial charge is 2.00 e. The minimum Gasteiger partial charge on any atom is -0.657 e. The fourth-order valence-electron chi connectivity index (χ4n) is 1.75. The number of hydrogen-bond acceptors (Lipinski definition) is 4. The Bertz CT molecular complexity index is 581. The summed E-state index contributed by atoms with van der Waals surface area (Å²) in [4.78, 5) is 16.1. The molecular formula is C14H16N4OSW. The fraction of sp³-hybridized carbons (Fsp3) is 0.214. The van der Waals surface area contributed by atoms with Gasteiger partial charge in [0.15, 0.2) is 5.13 Å². The summed E-state index contributed by atoms with van der Waals surface area (Å²) in [7, 11) is 1.62. The van der Waals surface area contributed by atoms with Crippen molar-refractivity contribution in [2.24, 2.45) is 0 Å². The number of rotatable bonds is 5. The first-order valence-electron chi connectivity index (χ1n) is 6.14. The van der Waals surface area contributed by atoms with Gasteiger partial charge < -0.3 is 23.3 Å². The first-order valence-corrected chi connectivity index (χ1v) is 7.02. The van der Waals surface area contributed by atoms with Crippen LogP contribution in [0.3, 0.4) is 0 Å². The molecule has 1 amide bonds. The summed E-state index contributed by atoms with van der Waals surface area (Å²) in [5.74, 6) is -0.145. The molecule has 2 aromatic rings. The molecular weight excluding hydrogens is 456 g/mol. The predicted octanol–water partition coefficient (Wildman–Crippen LogP) is 2.92. The number of nitrogens with one attached hydrogen (secondary N) is 1. The van der Waals surface area contributed by atoms with Gasteiger partial charge in [0.2, 0.25) is 5.91 Å². The third kappa shape index (κ3) is 4.63. The molecule has 0 aliphatic carbocycles. The first-order chi connectivity index (χ1) is 9.63. The molecule has 2 rings (SSSR count). The zero-order valence-corrected chi connectivity index (χ0v) is 15.3. The minimum absolute atomic E-state index is 0. The Hall–Kier alpha value is -1.23. The summed E-state index contributed by atoms with van der Waals surface area (Å²) < 4.78 is 0. The van der Waals surface area contributed by atoms with Gasteiger partial charge in [0, 0.05) is 16.6 Å². The molecule has 3 N–H and O–H groups in total. The van der Waals surface area contributed by atoms with Crippen molar-refractivity contribution in [1.29, 1.82) is 0 Å². The van der Waals surface area contributed by atoms with Crippen molar-refractivity contribution in [3.63, 3.8) is 0 Å². The maximum absolute atomic E-state index is 11.9. The van der Waals surface area contributed by atoms with Crippen molar-refractivity contribution in [2.45, 2.75) is 12.5 Å². The molecule has 0 spiro atoms. The van der Waals surface area contributed by atoms with E-state index in [4.69, 9.17) is 5.73 Å². The van der Waals surface area contributed by atoms with E-state index in [1.165, 1.54) is 11.3 Å². The van der Waals surface area contributed by atoms with Crippen LogP contribution in [0.1, 0.15) is 6.42 Å². The number of benzene rings is 1. The van der Waals surface area contributed by atoms with Gasteiger partial charge in [0.05, 0.1) is 5.69 Å². The third-order valence-corrected chi connectivity index (χ3v) is 3.53. The average molecular weight is 472 g/mol. The molecule has 0 bridgehead atoms. The number of nitrogen functional groups attached to an aromatic ring is 1. The van der Waals surface area contributed by atoms with Gasteiger partial charge in [-0.15, -0.1) is 11.3 Å². The van der Waals surface area contributed by atoms with Gasteiger partial charge in [-0.2, -0.15) is 13.5 Å². The maximum atomic E-state index is 11.9. The van der Waals surface area contributed by atoms with Crippen LogP contribution in [0.2, 0.25) is 0 Å². The van der Waals surface area contributed by atoms with Gasteiger partial charge in [-0.1, -0.05) is 18.2 Å². The molecule has 21 heavy (non-hydrogen) atoms. The Labute approximate surface area is 142 Å². The van der Waals surface area contributed by atoms with Crippen LogP contribution in [0.4, 0.5) is 10.8 Å². The van der Waals surface area contributed by atoms with Crippen LogP contribution in [0.5, 0.6) is 0 Å². The second-order valence-corrected chi connectivity index (χ2v) is 5.09. The molecule has 0 aliphatic heterocycles. The molecule has 0 aliphatic rings. The van der Waals surface area contributed by atoms with Crippen LogP contribution in [-0.4, -0.2) is 24.0 Å². The van der Waals surface area contributed by atoms with E-state index in [0.29, 0.717) is 11.6 Å². The molecule has 0 saturated carbocycles. The second kappa shape index (κ2) is 8.27. The van der Waals surface area contributed by atoms with E-state index in [1.54, 1.807) is 7.05 Å². The van der Waals surface area contributed by atoms with E-state index in [1.807, 2.05) is 29.6 Å². The van der Waals surface area contributed by atoms with Crippen LogP contribution in [0.15, 0.2) is 29.6 Å². The molecule has 1 aromatic carbocycles. The minimum atomic E-state index is -0.409. The molecule has 1 heterocycles. The summed E-state index contributed by atoms with van der Waals surface area (Å²) in [5.41, 5.74) is 8.14. The summed E-state index contributed by atoms with van der Waals surface area (Å²) in [6, 6.07) is 7.05. The van der Waals surface area contributed by atoms with E-state index in [0.717, 1.165) is 16.9 Å². The SMILES string of the molecule is [CH2-]CC([N-]C)C(=O)Nc1ccc(-c2csc(N)n2)cc1.[W+2]. The molecule has 1 atom stereocenters. The number of thiazole rings is 1. The topological polar surface area (TPSA) is 82.1 Å². The van der Waals surface area contributed by atoms with Gasteiger partial charge in [-0.25, -0.2) is 4.98 Å². The second-order valence-electron chi connectivity index (χ2n) is 4.20. The standard InChI is InChI=1S/C14H16N4OS.W/c1-3-11(16-2)13(19)17-10-6-4-9(5-7-10)12-8-20-14(15)18-12;/h4-8,11H,1,3H2,2H3,(H2,15,18)(H,17,19);/q-2;+2. The van der Waals surface area contributed by atoms with Gasteiger partial charge in [0.1, 0.15) is 0 Å². The number of nitrogens with two attached hydrogens (primary N) is 1. The number of likely N-dealkylation sites (N-methyl/N-ethyl adjacent to an activating group) is 1. The van der Waals surface area contributed by atoms with Crippen molar-refractivity contribution in [2.75, 3.05) is 18.1 Å². The summed E-state index contributed by atoms with van der Waals surface area (Å²) in [5, 5.41) is 9.23. The van der Waals surface area contributed by atoms with Crippen LogP contribution in [-0.2, 0) is 25.9 Å². The fourth-order valence-corrected chi connectivity index (χ4v) is 2.32. The van der Waals surface area contributed by atoms with Crippen molar-refractivity contribution in [3.8, 4) is 11.3 Å². The predicted molar refractivity (Wildman–Crippen MR) is 83.6 cm³/mol. The Balaban J connectivity index is 0.00000220. The normalized spacial score (nSPS) is 11.5. The molecule has 110 valence electrons. The average Bonchev–Trinajstić information content (AvgIpc) is 2.87. The number of aromatic nitrogens is 1. The van der Waals surface area contributed by atoms with E-state index in [9.17, 15) is 4.79 Å². The smallest absolute Gasteiger partial charge is 0.657 e. The van der Waals surface area contributed by atoms with Crippen LogP contribution in [0, 0.1) is 6.92 Å². The summed E-state index contributed by atoms with van der Waals surface area (Å²) >= 11 is 1.40. The number of carbonyl (C=O) groups is 1. The maximum Gasteiger partial charge on any atom is 2.00 e. The molecule has 1 aromatic heterocycles. The number of nitrogens with zero attached hydrogens (tertiary/aromatic N) is 2. The van der Waals surface area contributed by atoms with E-state index < -0.39 is 6.04 Å². The summed E-state index contributed by atoms with van der Waals surface area (Å²) in [6.07, 6.45) is 0.443. The van der Waals surface area contributed by atoms with Gasteiger partial charge in [0.25, 0.3) is 0 Å². The van der Waals surface area contributed by atoms with Gasteiger partial charge >= 0.3 is 21.1 Å². The van der Waals surface area contributed by atoms with Crippen molar-refractivity contribution in [3.05, 3.63) is 41.9 Å². The Morgan fingerprint density at radius 3 is 2.62 bits per heavy atom. The number of hydrogen-bond donors (Lipinski definition) is 2. The quantitative estimate of drug-likeness (QED) is 0.657. The zero-order chi connectivity index (χ0) is 14.5. The van der Waals surface area contributed by atoms with Crippen molar-refractivity contribution >= 4 is 28.1 Å². The van der Waals surface area contributed by atoms with Crippen LogP contribution >= 0.6 is 11.3 Å². The van der Waals surface area contributed by atoms with Gasteiger partial charge in [-0.05, 0) is 12.1 Å². The molecule has 7 heteroatoms. The molecule has 1 unspecified atom stereocenters. The Morgan fingerprint density at radius 1 is 1.48 bits per heavy atom. The van der Waals surface area contributed by atoms with E-state index in [2.05, 4.69) is 22.5 Å². The van der Waals surface area contributed by atoms with Crippen LogP contribution in [0.25, 0.3) is 16.6 Å². The molecule has 5 nitrogen and oxygen atoms in total. The van der Waals surface area contributed by atoms with Crippen molar-refractivity contribution < 1.29 is 25.9 Å². The number of amides is 1. The molecule has 0 fully saturated rings. The first kappa shape index (κ1) is 17.8. The number of anilines is 2. The van der Waals surface area contributed by atoms with E-state index >= 15 is 0 Å². The molecule has 0 saturated heterocycles. The molecule has 0 radical (unpaired) electrons. The zero-order valence-electron chi connectivity index (χ0n) is 11.6. The Kier molecular flexibility index (Phi) is 7.02. The summed E-state index contributed by atoms with van der Waals surface area (Å²) in [6.45, 7) is 3.70. The number of carbonyl (C=O) groups excluding carboxylic acids is 1. The van der Waals surface area contributed by atoms with E-state index in [-0.39, 0.29) is 27.0 Å². The Morgan fingerprint density at radius 2 is 2.14 bits per heavy atom. The van der Waals surface area contributed by atoms with Crippen molar-refractivity contribution in [1.82, 2.24) is 4.98 Å². The third-order valence-electron chi connectivity index (χ3n) is 2.86. The van der Waals surface area contributed by atoms with Gasteiger partial charge in [-0.3, -0.25) is 4.79 Å².